The van der Waals surface area contributed by atoms with Crippen molar-refractivity contribution in [2.75, 3.05) is 31.6 Å². The Kier molecular flexibility index (Phi) is 5.89. The number of nitrogens with zero attached hydrogens (tertiary/aromatic N) is 5. The van der Waals surface area contributed by atoms with Crippen molar-refractivity contribution in [3.05, 3.63) is 47.7 Å². The van der Waals surface area contributed by atoms with Gasteiger partial charge in [0.15, 0.2) is 5.82 Å². The molecule has 2 saturated heterocycles. The van der Waals surface area contributed by atoms with Crippen LogP contribution in [-0.2, 0) is 0 Å². The molecule has 7 nitrogen and oxygen atoms in total. The van der Waals surface area contributed by atoms with Gasteiger partial charge in [0, 0.05) is 43.6 Å². The van der Waals surface area contributed by atoms with Gasteiger partial charge in [0.1, 0.15) is 41.4 Å². The highest BCUT2D eigenvalue weighted by molar-refractivity contribution is 6.03. The smallest absolute Gasteiger partial charge is 0.319 e. The van der Waals surface area contributed by atoms with Gasteiger partial charge in [0.25, 0.3) is 5.92 Å². The predicted molar refractivity (Wildman–Crippen MR) is 157 cm³/mol. The summed E-state index contributed by atoms with van der Waals surface area (Å²) in [5.74, 6) is -1.99. The minimum Gasteiger partial charge on any atom is -0.508 e. The van der Waals surface area contributed by atoms with E-state index in [2.05, 4.69) is 25.8 Å². The van der Waals surface area contributed by atoms with Crippen LogP contribution < -0.4 is 9.64 Å². The number of ether oxygens (including phenoxy) is 1. The minimum atomic E-state index is -2.70. The van der Waals surface area contributed by atoms with Crippen LogP contribution in [0, 0.1) is 29.4 Å². The molecule has 2 aromatic carbocycles. The molecule has 1 N–H and O–H groups in total. The second-order valence-corrected chi connectivity index (χ2v) is 13.0. The monoisotopic (exact) mass is 621 g/mol. The number of hydrogen-bond donors (Lipinski definition) is 1. The van der Waals surface area contributed by atoms with Crippen LogP contribution in [0.15, 0.2) is 30.5 Å². The fourth-order valence-corrected chi connectivity index (χ4v) is 7.66. The molecule has 0 bridgehead atoms. The second-order valence-electron chi connectivity index (χ2n) is 13.0. The number of rotatable bonds is 6. The first kappa shape index (κ1) is 28.2. The number of phenolic OH excluding ortho intramolecular Hbond substituents is 1. The van der Waals surface area contributed by atoms with E-state index in [-0.39, 0.29) is 70.1 Å². The zero-order valence-corrected chi connectivity index (χ0v) is 24.3. The lowest BCUT2D eigenvalue weighted by molar-refractivity contribution is 0.0647. The maximum absolute atomic E-state index is 16.6. The number of anilines is 1. The number of pyridine rings is 1. The number of aromatic nitrogens is 3. The Labute approximate surface area is 255 Å². The molecule has 2 saturated carbocycles. The highest BCUT2D eigenvalue weighted by atomic mass is 19.3. The molecule has 0 unspecified atom stereocenters. The van der Waals surface area contributed by atoms with E-state index >= 15 is 4.39 Å². The highest BCUT2D eigenvalue weighted by Gasteiger charge is 2.77. The van der Waals surface area contributed by atoms with Crippen LogP contribution in [0.3, 0.4) is 0 Å². The summed E-state index contributed by atoms with van der Waals surface area (Å²) in [5.41, 5.74) is -2.14. The summed E-state index contributed by atoms with van der Waals surface area (Å²) in [5, 5.41) is 11.2. The molecule has 0 radical (unpaired) electrons. The minimum absolute atomic E-state index is 0.0379. The first-order chi connectivity index (χ1) is 21.5. The normalized spacial score (nSPS) is 28.0. The third kappa shape index (κ3) is 4.16. The van der Waals surface area contributed by atoms with Gasteiger partial charge in [0.05, 0.1) is 27.9 Å². The lowest BCUT2D eigenvalue weighted by Gasteiger charge is -2.31. The van der Waals surface area contributed by atoms with Gasteiger partial charge in [0.2, 0.25) is 0 Å². The Balaban J connectivity index is 1.24. The standard InChI is InChI=1S/C33H28F5N5O2/c1-3-19-22(34)6-5-17-9-18(44)10-20(25(17)19)27-26(36)28-21(12-39-27)29(42(2)24-11-23(24)35)41-30(40-28)45-16-32-7-4-8-43(32)15-31(13-32)14-33(31,37)38/h1,5-6,9-10,12,23-24,44H,4,7-8,11,13-16H2,2H3/t23-,24-,31-,32-/m0/s1. The highest BCUT2D eigenvalue weighted by Crippen LogP contribution is 2.69. The number of aromatic hydroxyl groups is 1. The van der Waals surface area contributed by atoms with Gasteiger partial charge in [-0.15, -0.1) is 6.42 Å². The van der Waals surface area contributed by atoms with E-state index < -0.39 is 40.7 Å². The molecule has 232 valence electrons. The molecule has 2 aliphatic heterocycles. The van der Waals surface area contributed by atoms with Crippen molar-refractivity contribution < 1.29 is 31.8 Å². The average molecular weight is 622 g/mol. The van der Waals surface area contributed by atoms with Crippen molar-refractivity contribution >= 4 is 27.5 Å². The number of fused-ring (bicyclic) bond motifs is 3. The Morgan fingerprint density at radius 2 is 1.98 bits per heavy atom. The van der Waals surface area contributed by atoms with Gasteiger partial charge in [-0.2, -0.15) is 9.97 Å². The molecule has 1 spiro atoms. The van der Waals surface area contributed by atoms with E-state index in [9.17, 15) is 22.7 Å². The van der Waals surface area contributed by atoms with E-state index in [1.54, 1.807) is 11.9 Å². The van der Waals surface area contributed by atoms with Crippen molar-refractivity contribution in [3.8, 4) is 35.4 Å². The molecule has 8 rings (SSSR count). The number of terminal acetylenes is 1. The SMILES string of the molecule is C#Cc1c(F)ccc2cc(O)cc(-c3ncc4c(N(C)[C@H]5C[C@@H]5F)nc(OC[C@@]56CCCN5C[C@@]5(CC5(F)F)C6)nc4c3F)c12. The Morgan fingerprint density at radius 3 is 2.69 bits per heavy atom. The fourth-order valence-electron chi connectivity index (χ4n) is 7.66. The van der Waals surface area contributed by atoms with Crippen molar-refractivity contribution in [3.63, 3.8) is 0 Å². The number of halogens is 5. The van der Waals surface area contributed by atoms with E-state index in [0.29, 0.717) is 31.3 Å². The molecular weight excluding hydrogens is 593 g/mol. The summed E-state index contributed by atoms with van der Waals surface area (Å²) in [6.45, 7) is 1.03. The lowest BCUT2D eigenvalue weighted by atomic mass is 9.89. The Morgan fingerprint density at radius 1 is 1.20 bits per heavy atom. The van der Waals surface area contributed by atoms with Crippen LogP contribution in [0.25, 0.3) is 32.9 Å². The molecule has 4 aromatic rings. The maximum atomic E-state index is 16.6. The number of alkyl halides is 3. The van der Waals surface area contributed by atoms with Crippen molar-refractivity contribution in [1.82, 2.24) is 19.9 Å². The van der Waals surface area contributed by atoms with Crippen molar-refractivity contribution in [2.24, 2.45) is 5.41 Å². The van der Waals surface area contributed by atoms with Crippen molar-refractivity contribution in [1.29, 1.82) is 0 Å². The first-order valence-electron chi connectivity index (χ1n) is 14.9. The predicted octanol–water partition coefficient (Wildman–Crippen LogP) is 6.00. The third-order valence-electron chi connectivity index (χ3n) is 10.2. The molecule has 4 atom stereocenters. The zero-order valence-electron chi connectivity index (χ0n) is 24.3. The number of phenols is 1. The van der Waals surface area contributed by atoms with Gasteiger partial charge in [-0.05, 0) is 49.4 Å². The van der Waals surface area contributed by atoms with Crippen LogP contribution in [0.5, 0.6) is 11.8 Å². The topological polar surface area (TPSA) is 74.6 Å². The van der Waals surface area contributed by atoms with Crippen LogP contribution in [-0.4, -0.2) is 75.4 Å². The summed E-state index contributed by atoms with van der Waals surface area (Å²) in [6, 6.07) is 4.57. The van der Waals surface area contributed by atoms with Crippen LogP contribution in [0.1, 0.15) is 37.7 Å². The van der Waals surface area contributed by atoms with Gasteiger partial charge in [-0.25, -0.2) is 22.0 Å². The van der Waals surface area contributed by atoms with E-state index in [1.165, 1.54) is 30.5 Å². The molecule has 12 heteroatoms. The Bertz CT molecular complexity index is 1970. The van der Waals surface area contributed by atoms with Gasteiger partial charge in [-0.1, -0.05) is 12.0 Å². The first-order valence-corrected chi connectivity index (χ1v) is 14.9. The van der Waals surface area contributed by atoms with Crippen LogP contribution in [0.2, 0.25) is 0 Å². The summed E-state index contributed by atoms with van der Waals surface area (Å²) >= 11 is 0. The van der Waals surface area contributed by atoms with Gasteiger partial charge >= 0.3 is 6.01 Å². The summed E-state index contributed by atoms with van der Waals surface area (Å²) in [7, 11) is 1.64. The van der Waals surface area contributed by atoms with E-state index in [1.807, 2.05) is 0 Å². The van der Waals surface area contributed by atoms with E-state index in [4.69, 9.17) is 11.2 Å². The molecule has 0 amide bonds. The largest absolute Gasteiger partial charge is 0.508 e. The quantitative estimate of drug-likeness (QED) is 0.209. The molecule has 4 aliphatic rings. The van der Waals surface area contributed by atoms with Crippen molar-refractivity contribution in [2.45, 2.75) is 55.8 Å². The lowest BCUT2D eigenvalue weighted by Crippen LogP contribution is -2.43. The van der Waals surface area contributed by atoms with Gasteiger partial charge in [-0.3, -0.25) is 9.88 Å². The summed E-state index contributed by atoms with van der Waals surface area (Å²) < 4.78 is 80.3. The van der Waals surface area contributed by atoms with Gasteiger partial charge < -0.3 is 14.7 Å². The van der Waals surface area contributed by atoms with Crippen LogP contribution in [0.4, 0.5) is 27.8 Å². The second kappa shape index (κ2) is 9.39. The van der Waals surface area contributed by atoms with E-state index in [0.717, 1.165) is 6.42 Å². The maximum Gasteiger partial charge on any atom is 0.319 e. The fraction of sp³-hybridized carbons (Fsp3) is 0.424. The molecular formula is C33H28F5N5O2. The molecule has 45 heavy (non-hydrogen) atoms. The van der Waals surface area contributed by atoms with Crippen LogP contribution >= 0.6 is 0 Å². The third-order valence-corrected chi connectivity index (χ3v) is 10.2. The number of hydrogen-bond acceptors (Lipinski definition) is 7. The molecule has 2 aliphatic carbocycles. The zero-order chi connectivity index (χ0) is 31.5. The molecule has 4 fully saturated rings. The Hall–Kier alpha value is -4.24. The molecule has 4 heterocycles. The summed E-state index contributed by atoms with van der Waals surface area (Å²) in [6.07, 6.45) is 7.83. The molecule has 2 aromatic heterocycles. The average Bonchev–Trinajstić information content (AvgIpc) is 3.73. The summed E-state index contributed by atoms with van der Waals surface area (Å²) in [4.78, 5) is 16.9. The number of benzene rings is 2.